The van der Waals surface area contributed by atoms with Crippen molar-refractivity contribution in [3.05, 3.63) is 24.3 Å². The van der Waals surface area contributed by atoms with E-state index in [1.165, 1.54) is 0 Å². The average molecular weight is 354 g/mol. The molecule has 1 rings (SSSR count). The van der Waals surface area contributed by atoms with Gasteiger partial charge in [0.2, 0.25) is 5.91 Å². The summed E-state index contributed by atoms with van der Waals surface area (Å²) in [6.07, 6.45) is 1.99. The van der Waals surface area contributed by atoms with Gasteiger partial charge in [-0.05, 0) is 51.6 Å². The van der Waals surface area contributed by atoms with E-state index in [0.29, 0.717) is 12.2 Å². The van der Waals surface area contributed by atoms with Crippen LogP contribution in [0.4, 0.5) is 4.79 Å². The molecule has 1 unspecified atom stereocenters. The van der Waals surface area contributed by atoms with Crippen molar-refractivity contribution >= 4 is 23.8 Å². The van der Waals surface area contributed by atoms with Gasteiger partial charge in [-0.2, -0.15) is 0 Å². The molecule has 3 N–H and O–H groups in total. The van der Waals surface area contributed by atoms with Crippen LogP contribution in [0, 0.1) is 0 Å². The molecule has 0 spiro atoms. The molecule has 7 heteroatoms. The van der Waals surface area contributed by atoms with E-state index in [2.05, 4.69) is 5.32 Å². The number of ether oxygens (including phenoxy) is 2. The van der Waals surface area contributed by atoms with Crippen molar-refractivity contribution in [2.75, 3.05) is 12.9 Å². The van der Waals surface area contributed by atoms with Crippen LogP contribution in [0.25, 0.3) is 0 Å². The smallest absolute Gasteiger partial charge is 0.407 e. The molecule has 0 aliphatic carbocycles. The van der Waals surface area contributed by atoms with Gasteiger partial charge in [0.25, 0.3) is 0 Å². The van der Waals surface area contributed by atoms with Gasteiger partial charge >= 0.3 is 6.09 Å². The Kier molecular flexibility index (Phi) is 7.91. The molecule has 1 aromatic carbocycles. The number of benzene rings is 1. The van der Waals surface area contributed by atoms with Gasteiger partial charge in [0.1, 0.15) is 18.0 Å². The second kappa shape index (κ2) is 9.42. The largest absolute Gasteiger partial charge is 0.491 e. The highest BCUT2D eigenvalue weighted by Crippen LogP contribution is 2.21. The van der Waals surface area contributed by atoms with Crippen molar-refractivity contribution in [2.24, 2.45) is 5.73 Å². The molecule has 0 saturated heterocycles. The van der Waals surface area contributed by atoms with Crippen molar-refractivity contribution in [1.29, 1.82) is 0 Å². The van der Waals surface area contributed by atoms with Gasteiger partial charge in [-0.25, -0.2) is 4.79 Å². The Morgan fingerprint density at radius 3 is 2.62 bits per heavy atom. The molecule has 1 atom stereocenters. The Labute approximate surface area is 147 Å². The van der Waals surface area contributed by atoms with Gasteiger partial charge < -0.3 is 20.5 Å². The molecule has 0 aliphatic heterocycles. The molecule has 2 amide bonds. The van der Waals surface area contributed by atoms with Crippen LogP contribution in [0.5, 0.6) is 5.75 Å². The summed E-state index contributed by atoms with van der Waals surface area (Å²) in [5.41, 5.74) is 4.60. The second-order valence-corrected chi connectivity index (χ2v) is 7.22. The normalized spacial score (nSPS) is 12.3. The van der Waals surface area contributed by atoms with Crippen LogP contribution in [-0.2, 0) is 9.53 Å². The van der Waals surface area contributed by atoms with E-state index >= 15 is 0 Å². The highest BCUT2D eigenvalue weighted by Gasteiger charge is 2.20. The third kappa shape index (κ3) is 8.67. The van der Waals surface area contributed by atoms with E-state index in [1.54, 1.807) is 32.5 Å². The van der Waals surface area contributed by atoms with Gasteiger partial charge in [0.05, 0.1) is 6.04 Å². The first-order chi connectivity index (χ1) is 11.2. The maximum Gasteiger partial charge on any atom is 0.407 e. The Morgan fingerprint density at radius 1 is 1.33 bits per heavy atom. The zero-order valence-corrected chi connectivity index (χ0v) is 15.4. The van der Waals surface area contributed by atoms with E-state index in [-0.39, 0.29) is 19.1 Å². The highest BCUT2D eigenvalue weighted by atomic mass is 32.2. The molecule has 0 radical (unpaired) electrons. The van der Waals surface area contributed by atoms with Crippen molar-refractivity contribution in [3.63, 3.8) is 0 Å². The van der Waals surface area contributed by atoms with Crippen LogP contribution in [-0.4, -0.2) is 36.5 Å². The summed E-state index contributed by atoms with van der Waals surface area (Å²) in [5, 5.41) is 2.73. The average Bonchev–Trinajstić information content (AvgIpc) is 2.48. The fourth-order valence-corrected chi connectivity index (χ4v) is 2.32. The number of rotatable bonds is 8. The first kappa shape index (κ1) is 20.2. The molecule has 6 nitrogen and oxygen atoms in total. The number of amides is 2. The van der Waals surface area contributed by atoms with Crippen LogP contribution in [0.3, 0.4) is 0 Å². The summed E-state index contributed by atoms with van der Waals surface area (Å²) in [4.78, 5) is 24.0. The number of alkyl carbamates (subject to hydrolysis) is 1. The third-order valence-corrected chi connectivity index (χ3v) is 3.68. The number of carbonyl (C=O) groups excluding carboxylic acids is 2. The van der Waals surface area contributed by atoms with E-state index in [0.717, 1.165) is 4.90 Å². The molecule has 24 heavy (non-hydrogen) atoms. The molecule has 0 aliphatic rings. The first-order valence-corrected chi connectivity index (χ1v) is 8.97. The predicted molar refractivity (Wildman–Crippen MR) is 95.3 cm³/mol. The molecule has 0 saturated carbocycles. The van der Waals surface area contributed by atoms with Crippen molar-refractivity contribution in [3.8, 4) is 5.75 Å². The standard InChI is InChI=1S/C17H26N2O4S/c1-17(2,3)23-16(21)19-12(8-9-15(18)20)11-22-13-6-5-7-14(10-13)24-4/h5-7,10,12H,8-9,11H2,1-4H3,(H2,18,20)(H,19,21). The Balaban J connectivity index is 2.63. The minimum atomic E-state index is -0.591. The second-order valence-electron chi connectivity index (χ2n) is 6.34. The van der Waals surface area contributed by atoms with Crippen LogP contribution >= 0.6 is 11.8 Å². The zero-order valence-electron chi connectivity index (χ0n) is 14.6. The Bertz CT molecular complexity index is 558. The summed E-state index contributed by atoms with van der Waals surface area (Å²) in [6, 6.07) is 7.29. The van der Waals surface area contributed by atoms with Crippen molar-refractivity contribution < 1.29 is 19.1 Å². The van der Waals surface area contributed by atoms with E-state index in [4.69, 9.17) is 15.2 Å². The van der Waals surface area contributed by atoms with Crippen LogP contribution in [0.15, 0.2) is 29.2 Å². The maximum atomic E-state index is 11.9. The zero-order chi connectivity index (χ0) is 18.2. The molecule has 0 aromatic heterocycles. The number of hydrogen-bond donors (Lipinski definition) is 2. The van der Waals surface area contributed by atoms with Gasteiger partial charge in [0.15, 0.2) is 0 Å². The lowest BCUT2D eigenvalue weighted by molar-refractivity contribution is -0.118. The lowest BCUT2D eigenvalue weighted by Gasteiger charge is -2.23. The summed E-state index contributed by atoms with van der Waals surface area (Å²) in [5.74, 6) is 0.285. The predicted octanol–water partition coefficient (Wildman–Crippen LogP) is 2.95. The number of nitrogens with two attached hydrogens (primary N) is 1. The lowest BCUT2D eigenvalue weighted by atomic mass is 10.1. The fourth-order valence-electron chi connectivity index (χ4n) is 1.88. The molecular formula is C17H26N2O4S. The van der Waals surface area contributed by atoms with E-state index < -0.39 is 17.6 Å². The number of thioether (sulfide) groups is 1. The van der Waals surface area contributed by atoms with Gasteiger partial charge in [-0.1, -0.05) is 6.07 Å². The van der Waals surface area contributed by atoms with Crippen molar-refractivity contribution in [2.45, 2.75) is 50.2 Å². The number of carbonyl (C=O) groups is 2. The number of hydrogen-bond acceptors (Lipinski definition) is 5. The van der Waals surface area contributed by atoms with Crippen LogP contribution in [0.2, 0.25) is 0 Å². The van der Waals surface area contributed by atoms with E-state index in [9.17, 15) is 9.59 Å². The molecule has 0 bridgehead atoms. The molecule has 134 valence electrons. The van der Waals surface area contributed by atoms with Gasteiger partial charge in [0, 0.05) is 11.3 Å². The maximum absolute atomic E-state index is 11.9. The number of primary amides is 1. The molecule has 1 aromatic rings. The molecule has 0 fully saturated rings. The number of nitrogens with one attached hydrogen (secondary N) is 1. The minimum absolute atomic E-state index is 0.161. The van der Waals surface area contributed by atoms with E-state index in [1.807, 2.05) is 30.5 Å². The topological polar surface area (TPSA) is 90.6 Å². The third-order valence-electron chi connectivity index (χ3n) is 2.95. The minimum Gasteiger partial charge on any atom is -0.491 e. The van der Waals surface area contributed by atoms with Gasteiger partial charge in [-0.3, -0.25) is 4.79 Å². The summed E-state index contributed by atoms with van der Waals surface area (Å²) >= 11 is 1.62. The monoisotopic (exact) mass is 354 g/mol. The quantitative estimate of drug-likeness (QED) is 0.701. The van der Waals surface area contributed by atoms with Gasteiger partial charge in [-0.15, -0.1) is 11.8 Å². The molecule has 0 heterocycles. The first-order valence-electron chi connectivity index (χ1n) is 7.74. The SMILES string of the molecule is CSc1cccc(OCC(CCC(N)=O)NC(=O)OC(C)(C)C)c1. The van der Waals surface area contributed by atoms with Crippen LogP contribution in [0.1, 0.15) is 33.6 Å². The summed E-state index contributed by atoms with van der Waals surface area (Å²) in [7, 11) is 0. The lowest BCUT2D eigenvalue weighted by Crippen LogP contribution is -2.42. The Hall–Kier alpha value is -1.89. The Morgan fingerprint density at radius 2 is 2.04 bits per heavy atom. The summed E-state index contributed by atoms with van der Waals surface area (Å²) < 4.78 is 11.0. The fraction of sp³-hybridized carbons (Fsp3) is 0.529. The molecular weight excluding hydrogens is 328 g/mol. The van der Waals surface area contributed by atoms with Crippen molar-refractivity contribution in [1.82, 2.24) is 5.32 Å². The summed E-state index contributed by atoms with van der Waals surface area (Å²) in [6.45, 7) is 5.59. The van der Waals surface area contributed by atoms with Crippen LogP contribution < -0.4 is 15.8 Å². The highest BCUT2D eigenvalue weighted by molar-refractivity contribution is 7.98.